The van der Waals surface area contributed by atoms with Crippen molar-refractivity contribution in [1.82, 2.24) is 4.98 Å². The van der Waals surface area contributed by atoms with Crippen LogP contribution in [0.2, 0.25) is 0 Å². The highest BCUT2D eigenvalue weighted by atomic mass is 19.4. The molecule has 4 nitrogen and oxygen atoms in total. The lowest BCUT2D eigenvalue weighted by Gasteiger charge is -2.13. The number of aromatic amines is 1. The molecule has 0 spiro atoms. The van der Waals surface area contributed by atoms with Crippen LogP contribution in [0.4, 0.5) is 13.2 Å². The third-order valence-corrected chi connectivity index (χ3v) is 2.30. The molecule has 1 aromatic carbocycles. The van der Waals surface area contributed by atoms with Gasteiger partial charge >= 0.3 is 12.3 Å². The first-order valence-electron chi connectivity index (χ1n) is 4.86. The minimum absolute atomic E-state index is 0.0928. The molecule has 0 saturated carbocycles. The monoisotopic (exact) mass is 259 g/mol. The number of carbonyl (C=O) groups excluding carboxylic acids is 1. The molecule has 7 heteroatoms. The minimum atomic E-state index is -4.89. The van der Waals surface area contributed by atoms with Gasteiger partial charge in [0, 0.05) is 11.6 Å². The second-order valence-corrected chi connectivity index (χ2v) is 3.42. The number of esters is 1. The first kappa shape index (κ1) is 12.3. The highest BCUT2D eigenvalue weighted by molar-refractivity contribution is 6.00. The molecule has 0 aliphatic rings. The first-order valence-corrected chi connectivity index (χ1v) is 4.86. The van der Waals surface area contributed by atoms with Crippen molar-refractivity contribution in [2.75, 3.05) is 7.11 Å². The van der Waals surface area contributed by atoms with E-state index in [9.17, 15) is 18.0 Å². The SMILES string of the molecule is COC(=O)c1ccc2cc[nH]c2c1OC(F)(F)F. The Balaban J connectivity index is 2.62. The number of H-pyrrole nitrogens is 1. The lowest BCUT2D eigenvalue weighted by Crippen LogP contribution is -2.19. The number of hydrogen-bond acceptors (Lipinski definition) is 3. The Bertz CT molecular complexity index is 589. The molecule has 2 aromatic rings. The molecule has 18 heavy (non-hydrogen) atoms. The van der Waals surface area contributed by atoms with Crippen LogP contribution in [-0.4, -0.2) is 24.4 Å². The molecule has 96 valence electrons. The van der Waals surface area contributed by atoms with Gasteiger partial charge in [-0.25, -0.2) is 4.79 Å². The Kier molecular flexibility index (Phi) is 2.90. The number of alkyl halides is 3. The van der Waals surface area contributed by atoms with Crippen molar-refractivity contribution in [3.8, 4) is 5.75 Å². The second kappa shape index (κ2) is 4.25. The van der Waals surface area contributed by atoms with E-state index >= 15 is 0 Å². The van der Waals surface area contributed by atoms with Crippen LogP contribution in [0, 0.1) is 0 Å². The molecule has 1 aromatic heterocycles. The summed E-state index contributed by atoms with van der Waals surface area (Å²) < 4.78 is 45.3. The molecular formula is C11H8F3NO3. The van der Waals surface area contributed by atoms with E-state index < -0.39 is 18.1 Å². The third kappa shape index (κ3) is 2.24. The van der Waals surface area contributed by atoms with Crippen molar-refractivity contribution in [2.45, 2.75) is 6.36 Å². The van der Waals surface area contributed by atoms with Crippen LogP contribution in [0.3, 0.4) is 0 Å². The quantitative estimate of drug-likeness (QED) is 0.844. The van der Waals surface area contributed by atoms with Crippen molar-refractivity contribution < 1.29 is 27.4 Å². The minimum Gasteiger partial charge on any atom is -0.465 e. The topological polar surface area (TPSA) is 51.3 Å². The molecule has 0 saturated heterocycles. The zero-order chi connectivity index (χ0) is 13.3. The van der Waals surface area contributed by atoms with E-state index in [4.69, 9.17) is 0 Å². The van der Waals surface area contributed by atoms with Gasteiger partial charge in [-0.1, -0.05) is 6.07 Å². The molecule has 0 aliphatic carbocycles. The maximum Gasteiger partial charge on any atom is 0.573 e. The summed E-state index contributed by atoms with van der Waals surface area (Å²) in [5.74, 6) is -1.48. The summed E-state index contributed by atoms with van der Waals surface area (Å²) in [6, 6.07) is 4.30. The molecule has 0 radical (unpaired) electrons. The average Bonchev–Trinajstić information content (AvgIpc) is 2.75. The summed E-state index contributed by atoms with van der Waals surface area (Å²) in [6.07, 6.45) is -3.43. The van der Waals surface area contributed by atoms with Crippen LogP contribution < -0.4 is 4.74 Å². The van der Waals surface area contributed by atoms with Gasteiger partial charge in [0.15, 0.2) is 5.75 Å². The van der Waals surface area contributed by atoms with E-state index in [0.717, 1.165) is 7.11 Å². The molecule has 0 fully saturated rings. The van der Waals surface area contributed by atoms with E-state index in [2.05, 4.69) is 14.5 Å². The summed E-state index contributed by atoms with van der Waals surface area (Å²) in [7, 11) is 1.08. The van der Waals surface area contributed by atoms with Gasteiger partial charge in [0.2, 0.25) is 0 Å². The molecule has 0 unspecified atom stereocenters. The van der Waals surface area contributed by atoms with Crippen LogP contribution in [0.1, 0.15) is 10.4 Å². The number of halogens is 3. The Morgan fingerprint density at radius 2 is 2.00 bits per heavy atom. The molecule has 0 amide bonds. The van der Waals surface area contributed by atoms with Gasteiger partial charge < -0.3 is 14.5 Å². The number of ether oxygens (including phenoxy) is 2. The van der Waals surface area contributed by atoms with E-state index in [1.54, 1.807) is 6.07 Å². The van der Waals surface area contributed by atoms with Crippen molar-refractivity contribution in [1.29, 1.82) is 0 Å². The first-order chi connectivity index (χ1) is 8.42. The largest absolute Gasteiger partial charge is 0.573 e. The van der Waals surface area contributed by atoms with Crippen LogP contribution in [0.25, 0.3) is 10.9 Å². The summed E-state index contributed by atoms with van der Waals surface area (Å²) >= 11 is 0. The van der Waals surface area contributed by atoms with E-state index in [-0.39, 0.29) is 11.1 Å². The Morgan fingerprint density at radius 1 is 1.28 bits per heavy atom. The maximum absolute atomic E-state index is 12.3. The lowest BCUT2D eigenvalue weighted by molar-refractivity contribution is -0.274. The normalized spacial score (nSPS) is 11.6. The van der Waals surface area contributed by atoms with E-state index in [0.29, 0.717) is 5.39 Å². The molecule has 1 N–H and O–H groups in total. The zero-order valence-corrected chi connectivity index (χ0v) is 9.17. The van der Waals surface area contributed by atoms with Crippen LogP contribution in [-0.2, 0) is 4.74 Å². The average molecular weight is 259 g/mol. The summed E-state index contributed by atoms with van der Waals surface area (Å²) in [6.45, 7) is 0. The highest BCUT2D eigenvalue weighted by Gasteiger charge is 2.34. The predicted molar refractivity (Wildman–Crippen MR) is 56.3 cm³/mol. The van der Waals surface area contributed by atoms with Gasteiger partial charge in [-0.15, -0.1) is 13.2 Å². The van der Waals surface area contributed by atoms with Crippen LogP contribution >= 0.6 is 0 Å². The zero-order valence-electron chi connectivity index (χ0n) is 9.17. The lowest BCUT2D eigenvalue weighted by atomic mass is 10.1. The Morgan fingerprint density at radius 3 is 2.61 bits per heavy atom. The summed E-state index contributed by atoms with van der Waals surface area (Å²) in [4.78, 5) is 14.0. The molecule has 0 aliphatic heterocycles. The molecule has 1 heterocycles. The number of aromatic nitrogens is 1. The maximum atomic E-state index is 12.3. The standard InChI is InChI=1S/C11H8F3NO3/c1-17-10(16)7-3-2-6-4-5-15-8(6)9(7)18-11(12,13)14/h2-5,15H,1H3. The Labute approximate surface area is 99.3 Å². The summed E-state index contributed by atoms with van der Waals surface area (Å²) in [5.41, 5.74) is -0.194. The number of nitrogens with one attached hydrogen (secondary N) is 1. The van der Waals surface area contributed by atoms with Gasteiger partial charge in [0.05, 0.1) is 12.6 Å². The van der Waals surface area contributed by atoms with Gasteiger partial charge in [-0.3, -0.25) is 0 Å². The summed E-state index contributed by atoms with van der Waals surface area (Å²) in [5, 5.41) is 0.502. The number of hydrogen-bond donors (Lipinski definition) is 1. The molecule has 0 atom stereocenters. The van der Waals surface area contributed by atoms with Gasteiger partial charge in [-0.2, -0.15) is 0 Å². The highest BCUT2D eigenvalue weighted by Crippen LogP contribution is 2.33. The Hall–Kier alpha value is -2.18. The van der Waals surface area contributed by atoms with Crippen molar-refractivity contribution in [3.63, 3.8) is 0 Å². The molecule has 0 bridgehead atoms. The van der Waals surface area contributed by atoms with Gasteiger partial charge in [0.25, 0.3) is 0 Å². The fraction of sp³-hybridized carbons (Fsp3) is 0.182. The van der Waals surface area contributed by atoms with Crippen molar-refractivity contribution in [3.05, 3.63) is 30.0 Å². The number of fused-ring (bicyclic) bond motifs is 1. The van der Waals surface area contributed by atoms with E-state index in [1.807, 2.05) is 0 Å². The van der Waals surface area contributed by atoms with Crippen LogP contribution in [0.15, 0.2) is 24.4 Å². The number of carbonyl (C=O) groups is 1. The smallest absolute Gasteiger partial charge is 0.465 e. The van der Waals surface area contributed by atoms with Crippen LogP contribution in [0.5, 0.6) is 5.75 Å². The van der Waals surface area contributed by atoms with Gasteiger partial charge in [0.1, 0.15) is 5.56 Å². The number of rotatable bonds is 2. The van der Waals surface area contributed by atoms with E-state index in [1.165, 1.54) is 18.3 Å². The fourth-order valence-electron chi connectivity index (χ4n) is 1.59. The number of benzene rings is 1. The van der Waals surface area contributed by atoms with Crippen molar-refractivity contribution in [2.24, 2.45) is 0 Å². The predicted octanol–water partition coefficient (Wildman–Crippen LogP) is 2.85. The van der Waals surface area contributed by atoms with Gasteiger partial charge in [-0.05, 0) is 12.1 Å². The fourth-order valence-corrected chi connectivity index (χ4v) is 1.59. The molecule has 2 rings (SSSR count). The third-order valence-electron chi connectivity index (χ3n) is 2.30. The molecular weight excluding hydrogens is 251 g/mol. The van der Waals surface area contributed by atoms with Crippen molar-refractivity contribution >= 4 is 16.9 Å². The number of methoxy groups -OCH3 is 1. The second-order valence-electron chi connectivity index (χ2n) is 3.42.